The summed E-state index contributed by atoms with van der Waals surface area (Å²) in [4.78, 5) is 11.1. The Bertz CT molecular complexity index is 261. The molecule has 1 atom stereocenters. The van der Waals surface area contributed by atoms with Gasteiger partial charge in [-0.15, -0.1) is 0 Å². The summed E-state index contributed by atoms with van der Waals surface area (Å²) < 4.78 is 21.1. The maximum Gasteiger partial charge on any atom is 0.287 e. The van der Waals surface area contributed by atoms with Crippen LogP contribution >= 0.6 is 0 Å². The van der Waals surface area contributed by atoms with Gasteiger partial charge in [0.15, 0.2) is 5.78 Å². The molecule has 0 spiro atoms. The van der Waals surface area contributed by atoms with Crippen molar-refractivity contribution in [2.75, 3.05) is 25.2 Å². The molecule has 1 heterocycles. The lowest BCUT2D eigenvalue weighted by molar-refractivity contribution is -0.113. The summed E-state index contributed by atoms with van der Waals surface area (Å²) in [6, 6.07) is 0. The molecule has 0 N–H and O–H groups in total. The van der Waals surface area contributed by atoms with Crippen molar-refractivity contribution in [2.24, 2.45) is 0 Å². The second-order valence-electron chi connectivity index (χ2n) is 2.74. The Morgan fingerprint density at radius 3 is 2.38 bits per heavy atom. The Kier molecular flexibility index (Phi) is 3.48. The highest BCUT2D eigenvalue weighted by molar-refractivity contribution is 7.84. The predicted octanol–water partition coefficient (Wildman–Crippen LogP) is 0.212. The molecule has 0 aliphatic carbocycles. The largest absolute Gasteiger partial charge is 0.461 e. The van der Waals surface area contributed by atoms with Crippen LogP contribution in [0.4, 0.5) is 0 Å². The second kappa shape index (κ2) is 4.41. The molecule has 0 amide bonds. The minimum absolute atomic E-state index is 0.146. The molecule has 1 unspecified atom stereocenters. The van der Waals surface area contributed by atoms with Crippen LogP contribution in [-0.2, 0) is 25.1 Å². The highest BCUT2D eigenvalue weighted by Gasteiger charge is 2.20. The van der Waals surface area contributed by atoms with Crippen LogP contribution in [0.3, 0.4) is 0 Å². The quantitative estimate of drug-likeness (QED) is 0.617. The van der Waals surface area contributed by atoms with Gasteiger partial charge in [-0.25, -0.2) is 0 Å². The molecule has 0 bridgehead atoms. The first-order valence-corrected chi connectivity index (χ1v) is 5.63. The van der Waals surface area contributed by atoms with Crippen LogP contribution in [-0.4, -0.2) is 35.2 Å². The van der Waals surface area contributed by atoms with Gasteiger partial charge in [-0.1, -0.05) is 0 Å². The molecule has 1 fully saturated rings. The zero-order valence-electron chi connectivity index (χ0n) is 7.66. The van der Waals surface area contributed by atoms with Crippen LogP contribution in [0.5, 0.6) is 0 Å². The van der Waals surface area contributed by atoms with Gasteiger partial charge in [0, 0.05) is 17.1 Å². The molecule has 0 aromatic carbocycles. The van der Waals surface area contributed by atoms with Crippen LogP contribution in [0.25, 0.3) is 0 Å². The van der Waals surface area contributed by atoms with E-state index in [1.165, 1.54) is 6.92 Å². The Balaban J connectivity index is 2.82. The molecule has 1 aliphatic heterocycles. The number of Topliss-reactive ketones (excluding diaryl/α,β-unsaturated/α-hetero) is 1. The maximum absolute atomic E-state index is 11.1. The van der Waals surface area contributed by atoms with Crippen LogP contribution in [0.1, 0.15) is 6.92 Å². The standard InChI is InChI=1S/C8H12O4S/c1-6(9)7(5-13(2)10)8-11-3-4-12-8/h3-5H2,1-2H3. The highest BCUT2D eigenvalue weighted by Crippen LogP contribution is 2.15. The van der Waals surface area contributed by atoms with Crippen molar-refractivity contribution in [2.45, 2.75) is 6.92 Å². The third kappa shape index (κ3) is 2.84. The first-order chi connectivity index (χ1) is 6.11. The lowest BCUT2D eigenvalue weighted by atomic mass is 10.2. The van der Waals surface area contributed by atoms with E-state index in [1.54, 1.807) is 6.26 Å². The van der Waals surface area contributed by atoms with Gasteiger partial charge < -0.3 is 9.47 Å². The smallest absolute Gasteiger partial charge is 0.287 e. The average molecular weight is 204 g/mol. The van der Waals surface area contributed by atoms with Crippen molar-refractivity contribution in [3.63, 3.8) is 0 Å². The monoisotopic (exact) mass is 204 g/mol. The molecule has 5 heteroatoms. The van der Waals surface area contributed by atoms with Gasteiger partial charge in [-0.3, -0.25) is 9.00 Å². The average Bonchev–Trinajstić information content (AvgIpc) is 2.50. The highest BCUT2D eigenvalue weighted by atomic mass is 32.2. The fourth-order valence-corrected chi connectivity index (χ4v) is 1.72. The molecule has 1 rings (SSSR count). The van der Waals surface area contributed by atoms with Crippen molar-refractivity contribution in [1.29, 1.82) is 0 Å². The van der Waals surface area contributed by atoms with Gasteiger partial charge >= 0.3 is 0 Å². The van der Waals surface area contributed by atoms with E-state index in [9.17, 15) is 9.00 Å². The fraction of sp³-hybridized carbons (Fsp3) is 0.625. The normalized spacial score (nSPS) is 17.5. The number of rotatable bonds is 3. The Labute approximate surface area is 79.4 Å². The summed E-state index contributed by atoms with van der Waals surface area (Å²) in [5.41, 5.74) is 0.387. The van der Waals surface area contributed by atoms with Gasteiger partial charge in [0.25, 0.3) is 5.95 Å². The molecular formula is C8H12O4S. The maximum atomic E-state index is 11.1. The zero-order chi connectivity index (χ0) is 9.84. The van der Waals surface area contributed by atoms with Gasteiger partial charge in [0.1, 0.15) is 13.2 Å². The van der Waals surface area contributed by atoms with Crippen LogP contribution in [0.2, 0.25) is 0 Å². The molecule has 1 saturated heterocycles. The molecule has 0 aromatic heterocycles. The molecule has 4 nitrogen and oxygen atoms in total. The van der Waals surface area contributed by atoms with Crippen LogP contribution < -0.4 is 0 Å². The van der Waals surface area contributed by atoms with Crippen molar-refractivity contribution in [1.82, 2.24) is 0 Å². The van der Waals surface area contributed by atoms with E-state index in [-0.39, 0.29) is 17.5 Å². The molecule has 74 valence electrons. The van der Waals surface area contributed by atoms with Gasteiger partial charge in [-0.2, -0.15) is 0 Å². The van der Waals surface area contributed by atoms with E-state index in [0.717, 1.165) is 0 Å². The first-order valence-electron chi connectivity index (χ1n) is 3.91. The predicted molar refractivity (Wildman–Crippen MR) is 48.5 cm³/mol. The number of hydrogen-bond acceptors (Lipinski definition) is 4. The molecule has 13 heavy (non-hydrogen) atoms. The lowest BCUT2D eigenvalue weighted by Crippen LogP contribution is -2.10. The lowest BCUT2D eigenvalue weighted by Gasteiger charge is -2.04. The molecule has 1 aliphatic rings. The topological polar surface area (TPSA) is 52.6 Å². The Morgan fingerprint density at radius 1 is 1.46 bits per heavy atom. The number of hydrogen-bond donors (Lipinski definition) is 0. The first kappa shape index (κ1) is 10.2. The summed E-state index contributed by atoms with van der Waals surface area (Å²) >= 11 is 0. The summed E-state index contributed by atoms with van der Waals surface area (Å²) in [6.07, 6.45) is 1.54. The summed E-state index contributed by atoms with van der Waals surface area (Å²) in [7, 11) is -1.05. The van der Waals surface area contributed by atoms with Gasteiger partial charge in [0.2, 0.25) is 0 Å². The minimum Gasteiger partial charge on any atom is -0.461 e. The summed E-state index contributed by atoms with van der Waals surface area (Å²) in [6.45, 7) is 2.34. The molecule has 0 saturated carbocycles. The van der Waals surface area contributed by atoms with Crippen molar-refractivity contribution >= 4 is 16.6 Å². The van der Waals surface area contributed by atoms with Crippen LogP contribution in [0.15, 0.2) is 11.5 Å². The SMILES string of the molecule is CC(=O)C(CS(C)=O)=C1OCCO1. The summed E-state index contributed by atoms with van der Waals surface area (Å²) in [5, 5.41) is 0. The molecule has 0 aromatic rings. The summed E-state index contributed by atoms with van der Waals surface area (Å²) in [5.74, 6) is 0.305. The number of carbonyl (C=O) groups is 1. The van der Waals surface area contributed by atoms with Crippen molar-refractivity contribution in [3.8, 4) is 0 Å². The number of ketones is 1. The van der Waals surface area contributed by atoms with Gasteiger partial charge in [0.05, 0.1) is 11.3 Å². The Hall–Kier alpha value is -0.840. The number of ether oxygens (including phenoxy) is 2. The van der Waals surface area contributed by atoms with Crippen molar-refractivity contribution < 1.29 is 18.5 Å². The van der Waals surface area contributed by atoms with Crippen LogP contribution in [0, 0.1) is 0 Å². The van der Waals surface area contributed by atoms with E-state index >= 15 is 0 Å². The Morgan fingerprint density at radius 2 is 2.00 bits per heavy atom. The van der Waals surface area contributed by atoms with E-state index in [4.69, 9.17) is 9.47 Å². The third-order valence-corrected chi connectivity index (χ3v) is 2.26. The second-order valence-corrected chi connectivity index (χ2v) is 4.17. The zero-order valence-corrected chi connectivity index (χ0v) is 8.48. The fourth-order valence-electron chi connectivity index (χ4n) is 0.992. The van der Waals surface area contributed by atoms with Crippen molar-refractivity contribution in [3.05, 3.63) is 11.5 Å². The van der Waals surface area contributed by atoms with E-state index < -0.39 is 10.8 Å². The third-order valence-electron chi connectivity index (χ3n) is 1.57. The minimum atomic E-state index is -1.05. The molecule has 0 radical (unpaired) electrons. The number of carbonyl (C=O) groups excluding carboxylic acids is 1. The van der Waals surface area contributed by atoms with E-state index in [1.807, 2.05) is 0 Å². The van der Waals surface area contributed by atoms with E-state index in [0.29, 0.717) is 18.8 Å². The van der Waals surface area contributed by atoms with E-state index in [2.05, 4.69) is 0 Å². The molecular weight excluding hydrogens is 192 g/mol. The van der Waals surface area contributed by atoms with Gasteiger partial charge in [-0.05, 0) is 6.92 Å².